The first-order chi connectivity index (χ1) is 23.3. The Labute approximate surface area is 271 Å². The molecular formula is C42H27N5. The summed E-state index contributed by atoms with van der Waals surface area (Å²) in [6, 6.07) is 42.7. The first-order valence-electron chi connectivity index (χ1n) is 16.1. The number of pyridine rings is 1. The highest BCUT2D eigenvalue weighted by atomic mass is 15.0. The first kappa shape index (κ1) is 26.1. The molecule has 220 valence electrons. The van der Waals surface area contributed by atoms with Gasteiger partial charge in [-0.3, -0.25) is 0 Å². The van der Waals surface area contributed by atoms with Crippen molar-refractivity contribution in [1.82, 2.24) is 24.5 Å². The van der Waals surface area contributed by atoms with Crippen LogP contribution in [0, 0.1) is 0 Å². The number of nitrogens with zero attached hydrogens (tertiary/aromatic N) is 5. The van der Waals surface area contributed by atoms with E-state index in [1.807, 2.05) is 18.2 Å². The summed E-state index contributed by atoms with van der Waals surface area (Å²) in [5.74, 6) is 2.07. The van der Waals surface area contributed by atoms with E-state index in [2.05, 4.69) is 126 Å². The average molecular weight is 602 g/mol. The van der Waals surface area contributed by atoms with Crippen LogP contribution in [-0.4, -0.2) is 24.5 Å². The second kappa shape index (κ2) is 10.2. The summed E-state index contributed by atoms with van der Waals surface area (Å²) in [6.45, 7) is 0. The molecule has 1 aliphatic carbocycles. The van der Waals surface area contributed by atoms with Crippen LogP contribution in [0.2, 0.25) is 0 Å². The number of para-hydroxylation sites is 3. The minimum atomic E-state index is 0.663. The molecule has 4 heterocycles. The molecule has 47 heavy (non-hydrogen) atoms. The summed E-state index contributed by atoms with van der Waals surface area (Å²) in [5.41, 5.74) is 11.8. The van der Waals surface area contributed by atoms with Crippen molar-refractivity contribution in [1.29, 1.82) is 0 Å². The quantitative estimate of drug-likeness (QED) is 0.202. The van der Waals surface area contributed by atoms with Gasteiger partial charge in [0.2, 0.25) is 0 Å². The Balaban J connectivity index is 1.27. The molecule has 0 saturated heterocycles. The molecule has 0 fully saturated rings. The van der Waals surface area contributed by atoms with Crippen LogP contribution in [0.15, 0.2) is 140 Å². The Morgan fingerprint density at radius 3 is 2.17 bits per heavy atom. The van der Waals surface area contributed by atoms with Crippen molar-refractivity contribution in [3.8, 4) is 50.8 Å². The molecule has 0 saturated carbocycles. The summed E-state index contributed by atoms with van der Waals surface area (Å²) in [7, 11) is 0. The lowest BCUT2D eigenvalue weighted by Gasteiger charge is -2.15. The van der Waals surface area contributed by atoms with E-state index < -0.39 is 0 Å². The third kappa shape index (κ3) is 3.96. The first-order valence-corrected chi connectivity index (χ1v) is 16.1. The zero-order valence-corrected chi connectivity index (χ0v) is 25.4. The molecule has 5 aromatic carbocycles. The van der Waals surface area contributed by atoms with E-state index in [0.717, 1.165) is 79.9 Å². The fourth-order valence-corrected chi connectivity index (χ4v) is 7.29. The van der Waals surface area contributed by atoms with Crippen molar-refractivity contribution in [3.05, 3.63) is 145 Å². The van der Waals surface area contributed by atoms with E-state index in [1.165, 1.54) is 16.3 Å². The molecule has 0 spiro atoms. The van der Waals surface area contributed by atoms with Gasteiger partial charge in [-0.1, -0.05) is 115 Å². The van der Waals surface area contributed by atoms with Crippen LogP contribution in [0.4, 0.5) is 0 Å². The number of hydrogen-bond acceptors (Lipinski definition) is 4. The minimum absolute atomic E-state index is 0.663. The summed E-state index contributed by atoms with van der Waals surface area (Å²) >= 11 is 0. The Morgan fingerprint density at radius 1 is 0.553 bits per heavy atom. The fraction of sp³-hybridized carbons (Fsp3) is 0.0476. The van der Waals surface area contributed by atoms with E-state index in [-0.39, 0.29) is 0 Å². The van der Waals surface area contributed by atoms with Crippen LogP contribution >= 0.6 is 0 Å². The number of rotatable bonds is 3. The Bertz CT molecular complexity index is 2630. The van der Waals surface area contributed by atoms with Gasteiger partial charge in [-0.25, -0.2) is 19.9 Å². The molecule has 0 atom stereocenters. The molecule has 0 radical (unpaired) electrons. The normalized spacial score (nSPS) is 13.4. The number of aromatic nitrogens is 5. The molecule has 5 heteroatoms. The highest BCUT2D eigenvalue weighted by molar-refractivity contribution is 6.24. The molecule has 0 unspecified atom stereocenters. The van der Waals surface area contributed by atoms with E-state index in [4.69, 9.17) is 19.9 Å². The monoisotopic (exact) mass is 601 g/mol. The van der Waals surface area contributed by atoms with Gasteiger partial charge < -0.3 is 4.57 Å². The topological polar surface area (TPSA) is 56.5 Å². The molecule has 1 aliphatic heterocycles. The maximum atomic E-state index is 5.37. The van der Waals surface area contributed by atoms with Gasteiger partial charge in [0.05, 0.1) is 27.9 Å². The molecule has 2 aliphatic rings. The largest absolute Gasteiger partial charge is 0.306 e. The number of fused-ring (bicyclic) bond motifs is 10. The third-order valence-corrected chi connectivity index (χ3v) is 9.44. The van der Waals surface area contributed by atoms with E-state index >= 15 is 0 Å². The minimum Gasteiger partial charge on any atom is -0.306 e. The number of benzene rings is 5. The molecule has 0 bridgehead atoms. The van der Waals surface area contributed by atoms with Gasteiger partial charge in [0.25, 0.3) is 0 Å². The second-order valence-electron chi connectivity index (χ2n) is 12.2. The van der Waals surface area contributed by atoms with E-state index in [0.29, 0.717) is 11.6 Å². The fourth-order valence-electron chi connectivity index (χ4n) is 7.29. The van der Waals surface area contributed by atoms with Gasteiger partial charge in [0.1, 0.15) is 0 Å². The zero-order valence-electron chi connectivity index (χ0n) is 25.4. The Hall–Kier alpha value is -6.20. The highest BCUT2D eigenvalue weighted by Crippen LogP contribution is 2.48. The SMILES string of the molecule is C1=CCCC(c2nc(-c3ccccc3)nc(-c3ccc4c(c3)-c3ccccc3-n3c5ccccc5c5c6ccccc6nc-4c53)n2)=C1. The summed E-state index contributed by atoms with van der Waals surface area (Å²) in [4.78, 5) is 20.5. The second-order valence-corrected chi connectivity index (χ2v) is 12.2. The molecule has 0 amide bonds. The molecule has 10 rings (SSSR count). The maximum absolute atomic E-state index is 5.37. The van der Waals surface area contributed by atoms with Crippen LogP contribution in [0.25, 0.3) is 89.1 Å². The van der Waals surface area contributed by atoms with Crippen molar-refractivity contribution in [2.75, 3.05) is 0 Å². The average Bonchev–Trinajstić information content (AvgIpc) is 3.44. The molecule has 5 nitrogen and oxygen atoms in total. The standard InChI is InChI=1S/C42H27N5/c1-3-13-26(14-4-1)40-44-41(27-15-5-2-6-16-27)46-42(45-40)28-23-24-30-33(25-28)29-17-8-11-21-35(29)47-36-22-12-9-19-32(36)37-31-18-7-10-20-34(31)43-38(30)39(37)47/h1-5,7-15,17-25H,6,16H2. The summed E-state index contributed by atoms with van der Waals surface area (Å²) < 4.78 is 2.41. The molecule has 0 N–H and O–H groups in total. The van der Waals surface area contributed by atoms with Crippen LogP contribution < -0.4 is 0 Å². The van der Waals surface area contributed by atoms with Crippen LogP contribution in [0.5, 0.6) is 0 Å². The predicted octanol–water partition coefficient (Wildman–Crippen LogP) is 10.2. The third-order valence-electron chi connectivity index (χ3n) is 9.44. The van der Waals surface area contributed by atoms with Crippen molar-refractivity contribution in [2.45, 2.75) is 12.8 Å². The smallest absolute Gasteiger partial charge is 0.164 e. The van der Waals surface area contributed by atoms with E-state index in [1.54, 1.807) is 0 Å². The van der Waals surface area contributed by atoms with Crippen LogP contribution in [0.3, 0.4) is 0 Å². The van der Waals surface area contributed by atoms with Crippen molar-refractivity contribution >= 4 is 38.3 Å². The Kier molecular flexibility index (Phi) is 5.63. The van der Waals surface area contributed by atoms with Gasteiger partial charge >= 0.3 is 0 Å². The van der Waals surface area contributed by atoms with Gasteiger partial charge in [0.15, 0.2) is 17.5 Å². The lowest BCUT2D eigenvalue weighted by atomic mass is 9.93. The van der Waals surface area contributed by atoms with E-state index in [9.17, 15) is 0 Å². The van der Waals surface area contributed by atoms with Gasteiger partial charge in [-0.05, 0) is 48.2 Å². The van der Waals surface area contributed by atoms with Gasteiger partial charge in [-0.2, -0.15) is 0 Å². The van der Waals surface area contributed by atoms with Crippen molar-refractivity contribution < 1.29 is 0 Å². The lowest BCUT2D eigenvalue weighted by Crippen LogP contribution is -2.04. The predicted molar refractivity (Wildman–Crippen MR) is 191 cm³/mol. The number of allylic oxidation sites excluding steroid dienone is 4. The van der Waals surface area contributed by atoms with Gasteiger partial charge in [-0.15, -0.1) is 0 Å². The summed E-state index contributed by atoms with van der Waals surface area (Å²) in [6.07, 6.45) is 8.29. The zero-order chi connectivity index (χ0) is 30.9. The molecular weight excluding hydrogens is 574 g/mol. The lowest BCUT2D eigenvalue weighted by molar-refractivity contribution is 0.978. The summed E-state index contributed by atoms with van der Waals surface area (Å²) in [5, 5.41) is 3.63. The number of hydrogen-bond donors (Lipinski definition) is 0. The Morgan fingerprint density at radius 2 is 1.30 bits per heavy atom. The maximum Gasteiger partial charge on any atom is 0.164 e. The highest BCUT2D eigenvalue weighted by Gasteiger charge is 2.27. The molecule has 8 aromatic rings. The van der Waals surface area contributed by atoms with Crippen molar-refractivity contribution in [2.24, 2.45) is 0 Å². The van der Waals surface area contributed by atoms with Gasteiger partial charge in [0, 0.05) is 38.4 Å². The van der Waals surface area contributed by atoms with Crippen LogP contribution in [0.1, 0.15) is 18.7 Å². The van der Waals surface area contributed by atoms with Crippen molar-refractivity contribution in [3.63, 3.8) is 0 Å². The molecule has 3 aromatic heterocycles. The van der Waals surface area contributed by atoms with Crippen LogP contribution in [-0.2, 0) is 0 Å².